The third-order valence-electron chi connectivity index (χ3n) is 2.97. The molecular weight excluding hydrogens is 190 g/mol. The fourth-order valence-corrected chi connectivity index (χ4v) is 3.63. The Morgan fingerprint density at radius 1 is 1.43 bits per heavy atom. The minimum atomic E-state index is 0.682. The summed E-state index contributed by atoms with van der Waals surface area (Å²) in [4.78, 5) is 0. The van der Waals surface area contributed by atoms with Gasteiger partial charge in [0.15, 0.2) is 0 Å². The number of thioether (sulfide) groups is 1. The van der Waals surface area contributed by atoms with E-state index in [1.807, 2.05) is 11.8 Å². The molecule has 14 heavy (non-hydrogen) atoms. The van der Waals surface area contributed by atoms with Crippen LogP contribution in [0.25, 0.3) is 0 Å². The summed E-state index contributed by atoms with van der Waals surface area (Å²) in [5, 5.41) is 0. The van der Waals surface area contributed by atoms with Crippen molar-refractivity contribution in [3.8, 4) is 0 Å². The van der Waals surface area contributed by atoms with Gasteiger partial charge in [0.1, 0.15) is 0 Å². The zero-order chi connectivity index (χ0) is 9.97. The Kier molecular flexibility index (Phi) is 3.14. The predicted octanol–water partition coefficient (Wildman–Crippen LogP) is 2.40. The number of nitrogens with two attached hydrogens (primary N) is 1. The maximum Gasteiger partial charge on any atom is 0.000503 e. The standard InChI is InChI=1S/C12H17NS/c1-9-3-2-4-10(5-9)12-8-14-7-11(12)6-13/h2-5,11-12H,6-8,13H2,1H3. The fourth-order valence-electron chi connectivity index (χ4n) is 2.10. The van der Waals surface area contributed by atoms with Gasteiger partial charge in [0, 0.05) is 5.75 Å². The van der Waals surface area contributed by atoms with Crippen molar-refractivity contribution in [1.29, 1.82) is 0 Å². The first-order valence-electron chi connectivity index (χ1n) is 5.15. The molecule has 1 aromatic rings. The van der Waals surface area contributed by atoms with E-state index in [-0.39, 0.29) is 0 Å². The molecule has 1 saturated heterocycles. The van der Waals surface area contributed by atoms with Crippen LogP contribution < -0.4 is 5.73 Å². The molecule has 2 N–H and O–H groups in total. The van der Waals surface area contributed by atoms with E-state index in [4.69, 9.17) is 5.73 Å². The van der Waals surface area contributed by atoms with Crippen molar-refractivity contribution in [3.05, 3.63) is 35.4 Å². The van der Waals surface area contributed by atoms with Crippen LogP contribution >= 0.6 is 11.8 Å². The van der Waals surface area contributed by atoms with Crippen LogP contribution in [0.1, 0.15) is 17.0 Å². The second-order valence-electron chi connectivity index (χ2n) is 4.05. The average Bonchev–Trinajstić information content (AvgIpc) is 2.65. The first kappa shape index (κ1) is 10.1. The van der Waals surface area contributed by atoms with Crippen molar-refractivity contribution in [1.82, 2.24) is 0 Å². The summed E-state index contributed by atoms with van der Waals surface area (Å²) in [6.45, 7) is 2.98. The SMILES string of the molecule is Cc1cccc(C2CSCC2CN)c1. The molecule has 2 heteroatoms. The number of benzene rings is 1. The van der Waals surface area contributed by atoms with Crippen molar-refractivity contribution in [2.24, 2.45) is 11.7 Å². The lowest BCUT2D eigenvalue weighted by atomic mass is 9.88. The predicted molar refractivity (Wildman–Crippen MR) is 63.8 cm³/mol. The quantitative estimate of drug-likeness (QED) is 0.806. The molecule has 2 rings (SSSR count). The molecule has 0 radical (unpaired) electrons. The van der Waals surface area contributed by atoms with Crippen molar-refractivity contribution in [3.63, 3.8) is 0 Å². The first-order valence-corrected chi connectivity index (χ1v) is 6.31. The van der Waals surface area contributed by atoms with Crippen LogP contribution in [0.15, 0.2) is 24.3 Å². The van der Waals surface area contributed by atoms with E-state index in [2.05, 4.69) is 31.2 Å². The van der Waals surface area contributed by atoms with Gasteiger partial charge < -0.3 is 5.73 Å². The van der Waals surface area contributed by atoms with Gasteiger partial charge in [0.05, 0.1) is 0 Å². The van der Waals surface area contributed by atoms with Gasteiger partial charge in [0.2, 0.25) is 0 Å². The molecule has 0 saturated carbocycles. The van der Waals surface area contributed by atoms with Crippen LogP contribution in [0, 0.1) is 12.8 Å². The third-order valence-corrected chi connectivity index (χ3v) is 4.23. The van der Waals surface area contributed by atoms with Gasteiger partial charge in [0.25, 0.3) is 0 Å². The van der Waals surface area contributed by atoms with E-state index >= 15 is 0 Å². The molecule has 2 unspecified atom stereocenters. The Morgan fingerprint density at radius 2 is 2.29 bits per heavy atom. The van der Waals surface area contributed by atoms with E-state index in [0.29, 0.717) is 11.8 Å². The summed E-state index contributed by atoms with van der Waals surface area (Å²) >= 11 is 2.04. The van der Waals surface area contributed by atoms with Gasteiger partial charge in [-0.2, -0.15) is 11.8 Å². The van der Waals surface area contributed by atoms with E-state index in [1.54, 1.807) is 0 Å². The normalized spacial score (nSPS) is 26.7. The Morgan fingerprint density at radius 3 is 3.00 bits per heavy atom. The molecule has 0 aromatic heterocycles. The highest BCUT2D eigenvalue weighted by molar-refractivity contribution is 7.99. The van der Waals surface area contributed by atoms with Crippen molar-refractivity contribution < 1.29 is 0 Å². The van der Waals surface area contributed by atoms with Gasteiger partial charge in [-0.3, -0.25) is 0 Å². The summed E-state index contributed by atoms with van der Waals surface area (Å²) in [6.07, 6.45) is 0. The lowest BCUT2D eigenvalue weighted by Gasteiger charge is -2.17. The summed E-state index contributed by atoms with van der Waals surface area (Å²) in [6, 6.07) is 8.86. The van der Waals surface area contributed by atoms with Crippen LogP contribution in [-0.2, 0) is 0 Å². The second-order valence-corrected chi connectivity index (χ2v) is 5.13. The molecule has 0 aliphatic carbocycles. The maximum absolute atomic E-state index is 5.79. The zero-order valence-corrected chi connectivity index (χ0v) is 9.39. The smallest absolute Gasteiger partial charge is 0.000503 e. The lowest BCUT2D eigenvalue weighted by Crippen LogP contribution is -2.20. The van der Waals surface area contributed by atoms with Crippen molar-refractivity contribution in [2.45, 2.75) is 12.8 Å². The van der Waals surface area contributed by atoms with Crippen molar-refractivity contribution in [2.75, 3.05) is 18.1 Å². The van der Waals surface area contributed by atoms with Crippen LogP contribution in [0.3, 0.4) is 0 Å². The molecule has 76 valence electrons. The largest absolute Gasteiger partial charge is 0.330 e. The van der Waals surface area contributed by atoms with Gasteiger partial charge in [-0.05, 0) is 36.6 Å². The van der Waals surface area contributed by atoms with Gasteiger partial charge >= 0.3 is 0 Å². The molecule has 1 nitrogen and oxygen atoms in total. The van der Waals surface area contributed by atoms with E-state index in [0.717, 1.165) is 6.54 Å². The van der Waals surface area contributed by atoms with Gasteiger partial charge in [-0.15, -0.1) is 0 Å². The van der Waals surface area contributed by atoms with E-state index in [9.17, 15) is 0 Å². The number of aryl methyl sites for hydroxylation is 1. The Bertz CT molecular complexity index is 311. The average molecular weight is 207 g/mol. The zero-order valence-electron chi connectivity index (χ0n) is 8.57. The summed E-state index contributed by atoms with van der Waals surface area (Å²) < 4.78 is 0. The van der Waals surface area contributed by atoms with Crippen molar-refractivity contribution >= 4 is 11.8 Å². The molecule has 0 spiro atoms. The monoisotopic (exact) mass is 207 g/mol. The van der Waals surface area contributed by atoms with E-state index in [1.165, 1.54) is 22.6 Å². The Labute approximate surface area is 90.1 Å². The van der Waals surface area contributed by atoms with Crippen LogP contribution in [0.5, 0.6) is 0 Å². The number of rotatable bonds is 2. The number of hydrogen-bond acceptors (Lipinski definition) is 2. The summed E-state index contributed by atoms with van der Waals surface area (Å²) in [5.41, 5.74) is 8.62. The van der Waals surface area contributed by atoms with Gasteiger partial charge in [-0.25, -0.2) is 0 Å². The number of hydrogen-bond donors (Lipinski definition) is 1. The third kappa shape index (κ3) is 1.96. The highest BCUT2D eigenvalue weighted by Gasteiger charge is 2.27. The second kappa shape index (κ2) is 4.37. The summed E-state index contributed by atoms with van der Waals surface area (Å²) in [7, 11) is 0. The van der Waals surface area contributed by atoms with E-state index < -0.39 is 0 Å². The maximum atomic E-state index is 5.79. The highest BCUT2D eigenvalue weighted by atomic mass is 32.2. The minimum absolute atomic E-state index is 0.682. The van der Waals surface area contributed by atoms with Crippen LogP contribution in [-0.4, -0.2) is 18.1 Å². The molecule has 1 aromatic carbocycles. The molecule has 1 aliphatic heterocycles. The van der Waals surface area contributed by atoms with Gasteiger partial charge in [-0.1, -0.05) is 29.8 Å². The van der Waals surface area contributed by atoms with Crippen LogP contribution in [0.4, 0.5) is 0 Å². The Balaban J connectivity index is 2.21. The molecule has 1 heterocycles. The summed E-state index contributed by atoms with van der Waals surface area (Å²) in [5.74, 6) is 3.84. The molecule has 1 aliphatic rings. The molecule has 1 fully saturated rings. The lowest BCUT2D eigenvalue weighted by molar-refractivity contribution is 0.534. The molecule has 0 bridgehead atoms. The first-order chi connectivity index (χ1) is 6.81. The Hall–Kier alpha value is -0.470. The van der Waals surface area contributed by atoms with Crippen LogP contribution in [0.2, 0.25) is 0 Å². The molecular formula is C12H17NS. The molecule has 2 atom stereocenters. The fraction of sp³-hybridized carbons (Fsp3) is 0.500. The molecule has 0 amide bonds. The highest BCUT2D eigenvalue weighted by Crippen LogP contribution is 2.37. The minimum Gasteiger partial charge on any atom is -0.330 e. The topological polar surface area (TPSA) is 26.0 Å².